The van der Waals surface area contributed by atoms with Gasteiger partial charge in [-0.05, 0) is 139 Å². The predicted octanol–water partition coefficient (Wildman–Crippen LogP) is 26.8. The third-order valence-corrected chi connectivity index (χ3v) is 23.2. The van der Waals surface area contributed by atoms with Gasteiger partial charge < -0.3 is 44.9 Å². The van der Waals surface area contributed by atoms with E-state index in [1.807, 2.05) is 135 Å². The first-order valence-electron chi connectivity index (χ1n) is 43.1. The van der Waals surface area contributed by atoms with Gasteiger partial charge in [-0.25, -0.2) is 24.9 Å². The molecule has 0 N–H and O–H groups in total. The minimum Gasteiger partial charge on any atom is -0.490 e. The largest absolute Gasteiger partial charge is 0.490 e. The number of hydrogen-bond acceptors (Lipinski definition) is 15. The summed E-state index contributed by atoms with van der Waals surface area (Å²) in [6.45, 7) is 23.8. The molecule has 0 aliphatic carbocycles. The Morgan fingerprint density at radius 3 is 0.801 bits per heavy atom. The molecular formula is C111H88Ir5N15O5-5. The fourth-order valence-corrected chi connectivity index (χ4v) is 17.2. The summed E-state index contributed by atoms with van der Waals surface area (Å²) in [5, 5.41) is 0. The Morgan fingerprint density at radius 2 is 0.500 bits per heavy atom. The van der Waals surface area contributed by atoms with E-state index in [2.05, 4.69) is 326 Å². The Bertz CT molecular complexity index is 7870. The monoisotopic (exact) mass is 2680 g/mol. The van der Waals surface area contributed by atoms with Gasteiger partial charge in [0.15, 0.2) is 32.0 Å². The van der Waals surface area contributed by atoms with E-state index in [1.54, 1.807) is 6.07 Å². The van der Waals surface area contributed by atoms with Crippen LogP contribution in [0.4, 0.5) is 0 Å². The van der Waals surface area contributed by atoms with Crippen LogP contribution in [0.3, 0.4) is 0 Å². The van der Waals surface area contributed by atoms with Gasteiger partial charge in [-0.1, -0.05) is 191 Å². The molecule has 10 aromatic heterocycles. The zero-order chi connectivity index (χ0) is 89.8. The van der Waals surface area contributed by atoms with Gasteiger partial charge in [-0.15, -0.1) is 119 Å². The number of aromatic nitrogens is 15. The molecule has 5 radical (unpaired) electrons. The minimum absolute atomic E-state index is 0. The average molecular weight is 2670 g/mol. The second-order valence-corrected chi connectivity index (χ2v) is 32.7. The van der Waals surface area contributed by atoms with Crippen LogP contribution in [0, 0.1) is 78.8 Å². The van der Waals surface area contributed by atoms with Crippen molar-refractivity contribution in [2.45, 2.75) is 88.0 Å². The predicted molar refractivity (Wildman–Crippen MR) is 515 cm³/mol. The number of fused-ring (bicyclic) bond motifs is 5. The van der Waals surface area contributed by atoms with Crippen molar-refractivity contribution in [3.63, 3.8) is 0 Å². The maximum atomic E-state index is 5.39. The van der Waals surface area contributed by atoms with E-state index in [1.165, 1.54) is 98.9 Å². The molecule has 25 heteroatoms. The van der Waals surface area contributed by atoms with Gasteiger partial charge in [-0.2, -0.15) is 0 Å². The van der Waals surface area contributed by atoms with Gasteiger partial charge in [-0.3, -0.25) is 24.9 Å². The van der Waals surface area contributed by atoms with Crippen LogP contribution in [0.1, 0.15) is 89.6 Å². The van der Waals surface area contributed by atoms with E-state index in [4.69, 9.17) is 27.1 Å². The van der Waals surface area contributed by atoms with Crippen molar-refractivity contribution in [1.29, 1.82) is 0 Å². The van der Waals surface area contributed by atoms with Crippen LogP contribution in [0.5, 0.6) is 0 Å². The van der Waals surface area contributed by atoms with Gasteiger partial charge in [0.25, 0.3) is 0 Å². The van der Waals surface area contributed by atoms with Gasteiger partial charge in [0.2, 0.25) is 0 Å². The summed E-state index contributed by atoms with van der Waals surface area (Å²) in [6, 6.07) is 94.7. The quantitative estimate of drug-likeness (QED) is 0.0871. The van der Waals surface area contributed by atoms with Crippen molar-refractivity contribution in [3.05, 3.63) is 405 Å². The topological polar surface area (TPSA) is 219 Å². The van der Waals surface area contributed by atoms with E-state index in [-0.39, 0.29) is 101 Å². The molecule has 136 heavy (non-hydrogen) atoms. The van der Waals surface area contributed by atoms with Gasteiger partial charge >= 0.3 is 0 Å². The molecule has 0 fully saturated rings. The molecule has 10 heterocycles. The number of aryl methyl sites for hydroxylation is 7. The molecule has 0 saturated heterocycles. The molecule has 687 valence electrons. The Kier molecular flexibility index (Phi) is 31.8. The number of imidazole rings is 5. The van der Waals surface area contributed by atoms with Crippen LogP contribution >= 0.6 is 0 Å². The molecule has 0 aliphatic rings. The third kappa shape index (κ3) is 20.5. The number of para-hydroxylation sites is 3. The molecule has 0 aliphatic heterocycles. The molecule has 0 bridgehead atoms. The smallest absolute Gasteiger partial charge is 0.169 e. The number of hydrogen-bond donors (Lipinski definition) is 0. The molecule has 0 saturated carbocycles. The second kappa shape index (κ2) is 43.9. The molecule has 20 nitrogen and oxygen atoms in total. The number of rotatable bonds is 15. The maximum absolute atomic E-state index is 5.39. The van der Waals surface area contributed by atoms with E-state index in [9.17, 15) is 0 Å². The molecule has 23 aromatic rings. The summed E-state index contributed by atoms with van der Waals surface area (Å²) in [6.07, 6.45) is 26.4. The van der Waals surface area contributed by atoms with Crippen molar-refractivity contribution in [2.75, 3.05) is 0 Å². The van der Waals surface area contributed by atoms with Crippen molar-refractivity contribution in [3.8, 4) is 119 Å². The molecule has 0 unspecified atom stereocenters. The molecule has 0 amide bonds. The summed E-state index contributed by atoms with van der Waals surface area (Å²) in [5.74, 6) is 5.04. The first-order chi connectivity index (χ1) is 64.0. The zero-order valence-corrected chi connectivity index (χ0v) is 87.6. The Balaban J connectivity index is 0.000000136. The third-order valence-electron chi connectivity index (χ3n) is 23.2. The van der Waals surface area contributed by atoms with Crippen molar-refractivity contribution < 1.29 is 123 Å². The zero-order valence-electron chi connectivity index (χ0n) is 75.7. The summed E-state index contributed by atoms with van der Waals surface area (Å²) in [7, 11) is 0. The van der Waals surface area contributed by atoms with Crippen LogP contribution in [0.25, 0.3) is 174 Å². The van der Waals surface area contributed by atoms with Gasteiger partial charge in [0.1, 0.15) is 0 Å². The number of nitrogens with zero attached hydrogens (tertiary/aromatic N) is 15. The minimum atomic E-state index is 0. The number of benzene rings is 13. The van der Waals surface area contributed by atoms with Gasteiger partial charge in [0.05, 0.1) is 62.7 Å². The Labute approximate surface area is 854 Å². The molecular weight excluding hydrogens is 2580 g/mol. The summed E-state index contributed by atoms with van der Waals surface area (Å²) in [5.41, 5.74) is 36.0. The molecule has 0 spiro atoms. The Hall–Kier alpha value is -13.5. The molecule has 23 rings (SSSR count). The first-order valence-corrected chi connectivity index (χ1v) is 43.1. The van der Waals surface area contributed by atoms with Crippen LogP contribution in [-0.2, 0) is 101 Å². The van der Waals surface area contributed by atoms with Crippen molar-refractivity contribution >= 4 is 55.5 Å². The van der Waals surface area contributed by atoms with Crippen LogP contribution in [0.2, 0.25) is 0 Å². The van der Waals surface area contributed by atoms with Gasteiger partial charge in [0, 0.05) is 224 Å². The van der Waals surface area contributed by atoms with Crippen LogP contribution in [-0.4, -0.2) is 72.7 Å². The normalized spacial score (nSPS) is 10.9. The van der Waals surface area contributed by atoms with Crippen LogP contribution in [0.15, 0.2) is 347 Å². The van der Waals surface area contributed by atoms with Crippen LogP contribution < -0.4 is 0 Å². The average Bonchev–Trinajstić information content (AvgIpc) is 1.41. The van der Waals surface area contributed by atoms with Crippen molar-refractivity contribution in [1.82, 2.24) is 72.7 Å². The molecule has 0 atom stereocenters. The first kappa shape index (κ1) is 98.5. The van der Waals surface area contributed by atoms with E-state index >= 15 is 0 Å². The standard InChI is InChI=1S/C28H18N3O.C24H18N3O.C22H22N3O.C19H16N3O.C18H14N3O.5Ir/c1-3-8-20(9-4-1)23-12-7-13-24(21-10-5-2-6-11-21)27(23)31-17-16-29-28(31)22-14-15-26-25(18-22)30-19-32-26;1-16-12-20(18-6-4-3-5-7-18)13-17(2)23(16)27-11-10-25-24(27)19-8-9-22-21(14-19)26-15-28-22;1-14(2)17-6-5-7-18(15(3)4)21(17)25-11-10-23-22(25)16-8-9-20-19(12-16)24-13-26-20;1-12-8-13(2)18(14(3)9-12)22-7-6-20-19(22)15-4-5-17-16(10-15)21-11-23-17;1-12-4-3-5-13(2)17(12)21-9-8-19-18(21)14-6-7-16-15(10-14)20-11-22-16;;;;;/h1-13,15-19H;3-7,9-15H,1-2H3;5-7,9-15H,1-4H3;5-11H,1-3H3;3-5,7-11H,1-2H3;;;;;/q5*-1;;;;;. The summed E-state index contributed by atoms with van der Waals surface area (Å²) >= 11 is 0. The van der Waals surface area contributed by atoms with Crippen molar-refractivity contribution in [2.24, 2.45) is 0 Å². The summed E-state index contributed by atoms with van der Waals surface area (Å²) in [4.78, 5) is 44.2. The number of oxazole rings is 5. The maximum Gasteiger partial charge on any atom is 0.169 e. The SMILES string of the molecule is CC(C)c1cccc(C(C)C)c1-n1ccnc1-c1[c-]cc2ocnc2c1.Cc1cc(-c2ccccc2)cc(C)c1-n1ccnc1-c1[c-]cc2ocnc2c1.Cc1cc(C)c(-n2ccnc2-c2[c-]cc3ocnc3c2)c(C)c1.Cc1cccc(C)c1-n1ccnc1-c1[c-]cc2ocnc2c1.[Ir].[Ir].[Ir].[Ir].[Ir].[c-]1cc2ocnc2cc1-c1nccn1-c1c(-c2ccccc2)cccc1-c1ccccc1. The molecule has 13 aromatic carbocycles. The second-order valence-electron chi connectivity index (χ2n) is 32.7. The Morgan fingerprint density at radius 1 is 0.243 bits per heavy atom. The van der Waals surface area contributed by atoms with E-state index in [0.29, 0.717) is 17.4 Å². The van der Waals surface area contributed by atoms with E-state index in [0.717, 1.165) is 152 Å². The fraction of sp³-hybridized carbons (Fsp3) is 0.117. The summed E-state index contributed by atoms with van der Waals surface area (Å²) < 4.78 is 37.3. The van der Waals surface area contributed by atoms with E-state index < -0.39 is 0 Å². The fourth-order valence-electron chi connectivity index (χ4n) is 17.2.